The monoisotopic (exact) mass is 392 g/mol. The molecule has 7 heteroatoms. The van der Waals surface area contributed by atoms with Crippen LogP contribution in [0.3, 0.4) is 0 Å². The van der Waals surface area contributed by atoms with Gasteiger partial charge in [0.1, 0.15) is 17.2 Å². The number of hydrogen-bond acceptors (Lipinski definition) is 6. The minimum Gasteiger partial charge on any atom is -0.497 e. The normalized spacial score (nSPS) is 10.3. The average Bonchev–Trinajstić information content (AvgIpc) is 2.72. The third kappa shape index (κ3) is 5.22. The first-order chi connectivity index (χ1) is 14.0. The number of nitrogens with zero attached hydrogens (tertiary/aromatic N) is 2. The minimum absolute atomic E-state index is 0.266. The zero-order valence-corrected chi connectivity index (χ0v) is 16.9. The Balaban J connectivity index is 1.76. The molecule has 0 aliphatic heterocycles. The topological polar surface area (TPSA) is 85.4 Å². The number of hydrogen-bond donors (Lipinski definition) is 2. The Kier molecular flexibility index (Phi) is 6.29. The maximum absolute atomic E-state index is 12.7. The summed E-state index contributed by atoms with van der Waals surface area (Å²) in [4.78, 5) is 21.5. The van der Waals surface area contributed by atoms with E-state index in [4.69, 9.17) is 9.47 Å². The summed E-state index contributed by atoms with van der Waals surface area (Å²) in [5, 5.41) is 6.01. The van der Waals surface area contributed by atoms with Gasteiger partial charge in [0.05, 0.1) is 19.9 Å². The van der Waals surface area contributed by atoms with Crippen molar-refractivity contribution < 1.29 is 14.3 Å². The van der Waals surface area contributed by atoms with Crippen molar-refractivity contribution in [3.63, 3.8) is 0 Å². The summed E-state index contributed by atoms with van der Waals surface area (Å²) in [5.74, 6) is 1.19. The zero-order valence-electron chi connectivity index (χ0n) is 16.9. The fourth-order valence-corrected chi connectivity index (χ4v) is 2.86. The highest BCUT2D eigenvalue weighted by atomic mass is 16.5. The molecule has 0 aliphatic rings. The van der Waals surface area contributed by atoms with E-state index in [1.54, 1.807) is 31.4 Å². The maximum Gasteiger partial charge on any atom is 0.274 e. The second-order valence-electron chi connectivity index (χ2n) is 6.58. The lowest BCUT2D eigenvalue weighted by Crippen LogP contribution is -2.16. The van der Waals surface area contributed by atoms with E-state index in [-0.39, 0.29) is 11.6 Å². The highest BCUT2D eigenvalue weighted by Gasteiger charge is 2.14. The summed E-state index contributed by atoms with van der Waals surface area (Å²) in [6.07, 6.45) is 0. The van der Waals surface area contributed by atoms with Gasteiger partial charge in [0.15, 0.2) is 0 Å². The van der Waals surface area contributed by atoms with Crippen molar-refractivity contribution in [3.8, 4) is 11.5 Å². The molecule has 0 radical (unpaired) electrons. The second-order valence-corrected chi connectivity index (χ2v) is 6.58. The van der Waals surface area contributed by atoms with Crippen LogP contribution < -0.4 is 20.1 Å². The Morgan fingerprint density at radius 2 is 1.83 bits per heavy atom. The first kappa shape index (κ1) is 20.1. The molecule has 2 aromatic carbocycles. The molecule has 0 bridgehead atoms. The van der Waals surface area contributed by atoms with Crippen LogP contribution in [0, 0.1) is 13.8 Å². The fraction of sp³-hybridized carbons (Fsp3) is 0.227. The van der Waals surface area contributed by atoms with Gasteiger partial charge in [0, 0.05) is 18.3 Å². The summed E-state index contributed by atoms with van der Waals surface area (Å²) < 4.78 is 10.5. The molecule has 3 aromatic rings. The van der Waals surface area contributed by atoms with Crippen molar-refractivity contribution in [2.24, 2.45) is 0 Å². The molecule has 7 nitrogen and oxygen atoms in total. The van der Waals surface area contributed by atoms with Gasteiger partial charge in [0.25, 0.3) is 5.91 Å². The number of anilines is 2. The molecular formula is C22H24N4O3. The van der Waals surface area contributed by atoms with E-state index in [1.807, 2.05) is 32.0 Å². The van der Waals surface area contributed by atoms with Crippen LogP contribution >= 0.6 is 0 Å². The second kappa shape index (κ2) is 9.05. The minimum atomic E-state index is -0.349. The van der Waals surface area contributed by atoms with Crippen LogP contribution in [0.4, 0.5) is 11.6 Å². The Bertz CT molecular complexity index is 1020. The predicted molar refractivity (Wildman–Crippen MR) is 113 cm³/mol. The van der Waals surface area contributed by atoms with Crippen molar-refractivity contribution in [2.75, 3.05) is 24.9 Å². The van der Waals surface area contributed by atoms with Crippen molar-refractivity contribution in [1.82, 2.24) is 9.97 Å². The van der Waals surface area contributed by atoms with E-state index in [0.29, 0.717) is 35.4 Å². The third-order valence-corrected chi connectivity index (χ3v) is 4.28. The molecule has 1 heterocycles. The van der Waals surface area contributed by atoms with E-state index in [0.717, 1.165) is 5.56 Å². The van der Waals surface area contributed by atoms with E-state index in [2.05, 4.69) is 26.7 Å². The highest BCUT2D eigenvalue weighted by molar-refractivity contribution is 6.04. The maximum atomic E-state index is 12.7. The number of nitrogens with one attached hydrogen (secondary N) is 2. The summed E-state index contributed by atoms with van der Waals surface area (Å²) in [7, 11) is 3.11. The first-order valence-corrected chi connectivity index (χ1v) is 9.17. The smallest absolute Gasteiger partial charge is 0.274 e. The van der Waals surface area contributed by atoms with Crippen LogP contribution in [-0.4, -0.2) is 30.1 Å². The summed E-state index contributed by atoms with van der Waals surface area (Å²) in [5.41, 5.74) is 3.79. The molecule has 0 aliphatic carbocycles. The molecule has 1 aromatic heterocycles. The number of ether oxygens (including phenoxy) is 2. The highest BCUT2D eigenvalue weighted by Crippen LogP contribution is 2.29. The molecular weight excluding hydrogens is 368 g/mol. The number of amides is 1. The Morgan fingerprint density at radius 3 is 2.55 bits per heavy atom. The Labute approximate surface area is 170 Å². The summed E-state index contributed by atoms with van der Waals surface area (Å²) >= 11 is 0. The first-order valence-electron chi connectivity index (χ1n) is 9.17. The third-order valence-electron chi connectivity index (χ3n) is 4.28. The van der Waals surface area contributed by atoms with Gasteiger partial charge in [-0.15, -0.1) is 0 Å². The molecule has 0 saturated heterocycles. The number of benzene rings is 2. The SMILES string of the molecule is COc1ccc(NC(=O)c2cc(C)nc(NCc3cccc(C)c3)n2)c(OC)c1. The van der Waals surface area contributed by atoms with Crippen LogP contribution in [0.2, 0.25) is 0 Å². The van der Waals surface area contributed by atoms with Crippen LogP contribution in [0.5, 0.6) is 11.5 Å². The van der Waals surface area contributed by atoms with Crippen LogP contribution in [-0.2, 0) is 6.54 Å². The molecule has 0 fully saturated rings. The van der Waals surface area contributed by atoms with Crippen molar-refractivity contribution >= 4 is 17.5 Å². The lowest BCUT2D eigenvalue weighted by Gasteiger charge is -2.12. The van der Waals surface area contributed by atoms with Gasteiger partial charge < -0.3 is 20.1 Å². The van der Waals surface area contributed by atoms with Crippen molar-refractivity contribution in [2.45, 2.75) is 20.4 Å². The average molecular weight is 392 g/mol. The molecule has 150 valence electrons. The van der Waals surface area contributed by atoms with Crippen molar-refractivity contribution in [1.29, 1.82) is 0 Å². The zero-order chi connectivity index (χ0) is 20.8. The lowest BCUT2D eigenvalue weighted by molar-refractivity contribution is 0.102. The molecule has 29 heavy (non-hydrogen) atoms. The molecule has 0 unspecified atom stereocenters. The number of carbonyl (C=O) groups excluding carboxylic acids is 1. The summed E-state index contributed by atoms with van der Waals surface area (Å²) in [6.45, 7) is 4.44. The molecule has 0 saturated carbocycles. The fourth-order valence-electron chi connectivity index (χ4n) is 2.86. The van der Waals surface area contributed by atoms with Crippen LogP contribution in [0.1, 0.15) is 27.3 Å². The molecule has 3 rings (SSSR count). The Hall–Kier alpha value is -3.61. The van der Waals surface area contributed by atoms with Gasteiger partial charge in [0.2, 0.25) is 5.95 Å². The van der Waals surface area contributed by atoms with Crippen molar-refractivity contribution in [3.05, 3.63) is 71.0 Å². The van der Waals surface area contributed by atoms with Gasteiger partial charge in [-0.1, -0.05) is 29.8 Å². The van der Waals surface area contributed by atoms with E-state index in [1.165, 1.54) is 12.7 Å². The number of aryl methyl sites for hydroxylation is 2. The number of aromatic nitrogens is 2. The Morgan fingerprint density at radius 1 is 1.00 bits per heavy atom. The molecule has 1 amide bonds. The van der Waals surface area contributed by atoms with Gasteiger partial charge in [-0.05, 0) is 37.6 Å². The number of rotatable bonds is 7. The molecule has 0 atom stereocenters. The predicted octanol–water partition coefficient (Wildman–Crippen LogP) is 3.98. The standard InChI is InChI=1S/C22H24N4O3/c1-14-6-5-7-16(10-14)13-23-22-24-15(2)11-19(26-22)21(27)25-18-9-8-17(28-3)12-20(18)29-4/h5-12H,13H2,1-4H3,(H,25,27)(H,23,24,26). The summed E-state index contributed by atoms with van der Waals surface area (Å²) in [6, 6.07) is 15.0. The van der Waals surface area contributed by atoms with Gasteiger partial charge in [-0.25, -0.2) is 9.97 Å². The molecule has 2 N–H and O–H groups in total. The van der Waals surface area contributed by atoms with Crippen LogP contribution in [0.25, 0.3) is 0 Å². The van der Waals surface area contributed by atoms with E-state index in [9.17, 15) is 4.79 Å². The number of carbonyl (C=O) groups is 1. The van der Waals surface area contributed by atoms with Gasteiger partial charge in [-0.2, -0.15) is 0 Å². The quantitative estimate of drug-likeness (QED) is 0.633. The molecule has 0 spiro atoms. The van der Waals surface area contributed by atoms with Crippen LogP contribution in [0.15, 0.2) is 48.5 Å². The van der Waals surface area contributed by atoms with E-state index < -0.39 is 0 Å². The number of methoxy groups -OCH3 is 2. The van der Waals surface area contributed by atoms with E-state index >= 15 is 0 Å². The van der Waals surface area contributed by atoms with Gasteiger partial charge >= 0.3 is 0 Å². The van der Waals surface area contributed by atoms with Gasteiger partial charge in [-0.3, -0.25) is 4.79 Å². The lowest BCUT2D eigenvalue weighted by atomic mass is 10.1. The largest absolute Gasteiger partial charge is 0.497 e.